The zero-order chi connectivity index (χ0) is 14.4. The molecule has 2 N–H and O–H groups in total. The van der Waals surface area contributed by atoms with Crippen LogP contribution in [0.25, 0.3) is 0 Å². The predicted octanol–water partition coefficient (Wildman–Crippen LogP) is 2.01. The van der Waals surface area contributed by atoms with Crippen LogP contribution in [0.4, 0.5) is 0 Å². The topological polar surface area (TPSA) is 76.0 Å². The Bertz CT molecular complexity index is 458. The highest BCUT2D eigenvalue weighted by Crippen LogP contribution is 2.32. The van der Waals surface area contributed by atoms with Crippen LogP contribution < -0.4 is 9.47 Å². The van der Waals surface area contributed by atoms with Gasteiger partial charge in [0, 0.05) is 19.1 Å². The van der Waals surface area contributed by atoms with E-state index in [-0.39, 0.29) is 6.61 Å². The van der Waals surface area contributed by atoms with Gasteiger partial charge >= 0.3 is 5.97 Å². The molecule has 1 unspecified atom stereocenters. The molecule has 0 aromatic heterocycles. The third-order valence-electron chi connectivity index (χ3n) is 3.31. The fraction of sp³-hybridized carbons (Fsp3) is 0.533. The fourth-order valence-electron chi connectivity index (χ4n) is 2.19. The molecular weight excluding hydrogens is 260 g/mol. The first kappa shape index (κ1) is 14.7. The van der Waals surface area contributed by atoms with Gasteiger partial charge in [-0.1, -0.05) is 12.5 Å². The van der Waals surface area contributed by atoms with Crippen LogP contribution in [0.5, 0.6) is 11.5 Å². The summed E-state index contributed by atoms with van der Waals surface area (Å²) in [5.74, 6) is 0.375. The monoisotopic (exact) mass is 280 g/mol. The molecule has 0 amide bonds. The number of ether oxygens (including phenoxy) is 2. The molecule has 1 heterocycles. The van der Waals surface area contributed by atoms with Gasteiger partial charge in [0.2, 0.25) is 0 Å². The Balaban J connectivity index is 1.78. The highest BCUT2D eigenvalue weighted by molar-refractivity contribution is 5.74. The van der Waals surface area contributed by atoms with Gasteiger partial charge in [-0.3, -0.25) is 0 Å². The lowest BCUT2D eigenvalue weighted by molar-refractivity contribution is -0.144. The average molecular weight is 280 g/mol. The minimum Gasteiger partial charge on any atom is -0.493 e. The standard InChI is InChI=1S/C15H20O5/c16-7-3-1-2-4-8-19-12-6-5-11-9-14(15(17)18)20-13(11)10-12/h5-6,10,14,16H,1-4,7-9H2,(H,17,18). The van der Waals surface area contributed by atoms with E-state index in [4.69, 9.17) is 19.7 Å². The first-order valence-corrected chi connectivity index (χ1v) is 6.97. The largest absolute Gasteiger partial charge is 0.493 e. The summed E-state index contributed by atoms with van der Waals surface area (Å²) in [4.78, 5) is 10.9. The molecule has 5 heteroatoms. The Kier molecular flexibility index (Phi) is 5.24. The van der Waals surface area contributed by atoms with Crippen molar-refractivity contribution in [3.05, 3.63) is 23.8 Å². The van der Waals surface area contributed by atoms with E-state index in [1.807, 2.05) is 12.1 Å². The number of aliphatic carboxylic acids is 1. The van der Waals surface area contributed by atoms with Crippen molar-refractivity contribution in [2.45, 2.75) is 38.2 Å². The average Bonchev–Trinajstić information content (AvgIpc) is 2.86. The number of hydrogen-bond donors (Lipinski definition) is 2. The number of carbonyl (C=O) groups is 1. The minimum atomic E-state index is -0.937. The number of benzene rings is 1. The molecule has 2 rings (SSSR count). The lowest BCUT2D eigenvalue weighted by Gasteiger charge is -2.08. The van der Waals surface area contributed by atoms with Crippen LogP contribution in [-0.2, 0) is 11.2 Å². The van der Waals surface area contributed by atoms with Crippen molar-refractivity contribution >= 4 is 5.97 Å². The van der Waals surface area contributed by atoms with Crippen molar-refractivity contribution in [2.75, 3.05) is 13.2 Å². The summed E-state index contributed by atoms with van der Waals surface area (Å²) in [5.41, 5.74) is 0.910. The van der Waals surface area contributed by atoms with Crippen LogP contribution in [-0.4, -0.2) is 35.5 Å². The van der Waals surface area contributed by atoms with E-state index in [0.717, 1.165) is 31.2 Å². The lowest BCUT2D eigenvalue weighted by Crippen LogP contribution is -2.24. The van der Waals surface area contributed by atoms with Gasteiger partial charge in [0.25, 0.3) is 0 Å². The van der Waals surface area contributed by atoms with Crippen LogP contribution in [0, 0.1) is 0 Å². The number of aliphatic hydroxyl groups is 1. The molecular formula is C15H20O5. The van der Waals surface area contributed by atoms with Crippen molar-refractivity contribution in [1.29, 1.82) is 0 Å². The molecule has 1 aromatic carbocycles. The van der Waals surface area contributed by atoms with Gasteiger partial charge < -0.3 is 19.7 Å². The highest BCUT2D eigenvalue weighted by atomic mass is 16.5. The summed E-state index contributed by atoms with van der Waals surface area (Å²) in [6.07, 6.45) is 3.44. The van der Waals surface area contributed by atoms with E-state index in [2.05, 4.69) is 0 Å². The van der Waals surface area contributed by atoms with Crippen molar-refractivity contribution in [3.63, 3.8) is 0 Å². The molecule has 0 fully saturated rings. The summed E-state index contributed by atoms with van der Waals surface area (Å²) in [7, 11) is 0. The minimum absolute atomic E-state index is 0.244. The Hall–Kier alpha value is -1.75. The smallest absolute Gasteiger partial charge is 0.345 e. The van der Waals surface area contributed by atoms with Gasteiger partial charge in [0.15, 0.2) is 6.10 Å². The highest BCUT2D eigenvalue weighted by Gasteiger charge is 2.28. The zero-order valence-electron chi connectivity index (χ0n) is 11.4. The quantitative estimate of drug-likeness (QED) is 0.712. The molecule has 1 aliphatic rings. The Morgan fingerprint density at radius 3 is 2.85 bits per heavy atom. The number of fused-ring (bicyclic) bond motifs is 1. The van der Waals surface area contributed by atoms with Crippen LogP contribution in [0.2, 0.25) is 0 Å². The maximum Gasteiger partial charge on any atom is 0.345 e. The van der Waals surface area contributed by atoms with Crippen molar-refractivity contribution in [1.82, 2.24) is 0 Å². The molecule has 0 spiro atoms. The fourth-order valence-corrected chi connectivity index (χ4v) is 2.19. The summed E-state index contributed by atoms with van der Waals surface area (Å²) in [6.45, 7) is 0.861. The van der Waals surface area contributed by atoms with Crippen molar-refractivity contribution < 1.29 is 24.5 Å². The summed E-state index contributed by atoms with van der Waals surface area (Å²) >= 11 is 0. The van der Waals surface area contributed by atoms with Gasteiger partial charge in [-0.15, -0.1) is 0 Å². The van der Waals surface area contributed by atoms with Gasteiger partial charge in [-0.05, 0) is 30.9 Å². The van der Waals surface area contributed by atoms with Crippen molar-refractivity contribution in [3.8, 4) is 11.5 Å². The second kappa shape index (κ2) is 7.14. The maximum absolute atomic E-state index is 10.9. The van der Waals surface area contributed by atoms with Gasteiger partial charge in [-0.2, -0.15) is 0 Å². The Morgan fingerprint density at radius 2 is 2.10 bits per heavy atom. The lowest BCUT2D eigenvalue weighted by atomic mass is 10.1. The van der Waals surface area contributed by atoms with Gasteiger partial charge in [-0.25, -0.2) is 4.79 Å². The van der Waals surface area contributed by atoms with Crippen LogP contribution in [0.1, 0.15) is 31.2 Å². The first-order chi connectivity index (χ1) is 9.70. The predicted molar refractivity (Wildman–Crippen MR) is 73.2 cm³/mol. The van der Waals surface area contributed by atoms with E-state index in [1.165, 1.54) is 0 Å². The summed E-state index contributed by atoms with van der Waals surface area (Å²) in [5, 5.41) is 17.6. The third kappa shape index (κ3) is 3.87. The molecule has 0 saturated heterocycles. The second-order valence-electron chi connectivity index (χ2n) is 4.90. The molecule has 0 saturated carbocycles. The van der Waals surface area contributed by atoms with E-state index < -0.39 is 12.1 Å². The van der Waals surface area contributed by atoms with E-state index in [0.29, 0.717) is 24.5 Å². The number of hydrogen-bond acceptors (Lipinski definition) is 4. The van der Waals surface area contributed by atoms with Crippen molar-refractivity contribution in [2.24, 2.45) is 0 Å². The maximum atomic E-state index is 10.9. The SMILES string of the molecule is O=C(O)C1Cc2ccc(OCCCCCCO)cc2O1. The molecule has 0 aliphatic carbocycles. The normalized spacial score (nSPS) is 16.6. The Morgan fingerprint density at radius 1 is 1.30 bits per heavy atom. The van der Waals surface area contributed by atoms with Crippen LogP contribution >= 0.6 is 0 Å². The number of rotatable bonds is 8. The Labute approximate surface area is 118 Å². The van der Waals surface area contributed by atoms with E-state index in [1.54, 1.807) is 6.07 Å². The van der Waals surface area contributed by atoms with Gasteiger partial charge in [0.05, 0.1) is 6.61 Å². The summed E-state index contributed by atoms with van der Waals surface area (Å²) < 4.78 is 11.0. The molecule has 5 nitrogen and oxygen atoms in total. The molecule has 110 valence electrons. The van der Waals surface area contributed by atoms with Crippen LogP contribution in [0.15, 0.2) is 18.2 Å². The molecule has 1 aliphatic heterocycles. The zero-order valence-corrected chi connectivity index (χ0v) is 11.4. The third-order valence-corrected chi connectivity index (χ3v) is 3.31. The number of unbranched alkanes of at least 4 members (excludes halogenated alkanes) is 3. The molecule has 0 radical (unpaired) electrons. The van der Waals surface area contributed by atoms with Crippen LogP contribution in [0.3, 0.4) is 0 Å². The van der Waals surface area contributed by atoms with Gasteiger partial charge in [0.1, 0.15) is 11.5 Å². The van der Waals surface area contributed by atoms with E-state index >= 15 is 0 Å². The summed E-state index contributed by atoms with van der Waals surface area (Å²) in [6, 6.07) is 5.46. The van der Waals surface area contributed by atoms with E-state index in [9.17, 15) is 4.79 Å². The molecule has 1 atom stereocenters. The first-order valence-electron chi connectivity index (χ1n) is 6.97. The molecule has 20 heavy (non-hydrogen) atoms. The number of carboxylic acids is 1. The molecule has 1 aromatic rings. The number of carboxylic acid groups (broad SMARTS) is 1. The second-order valence-corrected chi connectivity index (χ2v) is 4.90. The molecule has 0 bridgehead atoms. The number of aliphatic hydroxyl groups excluding tert-OH is 1.